The molecule has 0 aliphatic heterocycles. The molecule has 4 heteroatoms. The Morgan fingerprint density at radius 2 is 2.06 bits per heavy atom. The maximum atomic E-state index is 12.2. The zero-order chi connectivity index (χ0) is 12.5. The largest absolute Gasteiger partial charge is 0.292 e. The number of halogens is 1. The predicted molar refractivity (Wildman–Crippen MR) is 68.7 cm³/mol. The second kappa shape index (κ2) is 4.70. The Bertz CT molecular complexity index is 388. The molecule has 90 valence electrons. The molecule has 1 rings (SSSR count). The molecule has 0 saturated heterocycles. The van der Waals surface area contributed by atoms with Crippen LogP contribution >= 0.6 is 15.9 Å². The summed E-state index contributed by atoms with van der Waals surface area (Å²) in [7, 11) is 0. The molecular weight excluding hydrogens is 268 g/mol. The topological polar surface area (TPSA) is 34.9 Å². The monoisotopic (exact) mass is 286 g/mol. The van der Waals surface area contributed by atoms with Gasteiger partial charge in [0.1, 0.15) is 5.69 Å². The van der Waals surface area contributed by atoms with E-state index in [9.17, 15) is 4.79 Å². The predicted octanol–water partition coefficient (Wildman–Crippen LogP) is 3.85. The second-order valence-corrected chi connectivity index (χ2v) is 6.39. The summed E-state index contributed by atoms with van der Waals surface area (Å²) in [6, 6.07) is 0.199. The number of carbonyl (C=O) groups excluding carboxylic acids is 1. The number of aromatic nitrogens is 2. The van der Waals surface area contributed by atoms with E-state index in [0.29, 0.717) is 12.1 Å². The maximum Gasteiger partial charge on any atom is 0.182 e. The molecule has 1 aromatic heterocycles. The van der Waals surface area contributed by atoms with Gasteiger partial charge >= 0.3 is 0 Å². The van der Waals surface area contributed by atoms with Crippen molar-refractivity contribution in [3.05, 3.63) is 16.4 Å². The lowest BCUT2D eigenvalue weighted by Crippen LogP contribution is -2.18. The van der Waals surface area contributed by atoms with Crippen molar-refractivity contribution in [2.45, 2.75) is 47.1 Å². The van der Waals surface area contributed by atoms with E-state index in [1.165, 1.54) is 0 Å². The Kier molecular flexibility index (Phi) is 3.94. The first-order valence-corrected chi connectivity index (χ1v) is 6.28. The third-order valence-corrected chi connectivity index (χ3v) is 2.78. The Balaban J connectivity index is 3.03. The lowest BCUT2D eigenvalue weighted by atomic mass is 9.89. The summed E-state index contributed by atoms with van der Waals surface area (Å²) in [4.78, 5) is 12.2. The highest BCUT2D eigenvalue weighted by Crippen LogP contribution is 2.26. The van der Waals surface area contributed by atoms with E-state index in [-0.39, 0.29) is 17.2 Å². The van der Waals surface area contributed by atoms with Gasteiger partial charge in [0.2, 0.25) is 0 Å². The fraction of sp³-hybridized carbons (Fsp3) is 0.667. The van der Waals surface area contributed by atoms with Gasteiger partial charge in [-0.05, 0) is 35.2 Å². The number of nitrogens with zero attached hydrogens (tertiary/aromatic N) is 2. The molecule has 16 heavy (non-hydrogen) atoms. The van der Waals surface area contributed by atoms with Crippen LogP contribution in [0, 0.1) is 5.41 Å². The van der Waals surface area contributed by atoms with E-state index in [0.717, 1.165) is 4.47 Å². The summed E-state index contributed by atoms with van der Waals surface area (Å²) in [5.41, 5.74) is 0.688. The van der Waals surface area contributed by atoms with Crippen molar-refractivity contribution in [2.75, 3.05) is 0 Å². The van der Waals surface area contributed by atoms with Gasteiger partial charge in [0.05, 0.1) is 10.7 Å². The van der Waals surface area contributed by atoms with Crippen LogP contribution in [-0.4, -0.2) is 15.6 Å². The molecule has 1 heterocycles. The fourth-order valence-electron chi connectivity index (χ4n) is 1.56. The van der Waals surface area contributed by atoms with E-state index in [2.05, 4.69) is 41.8 Å². The van der Waals surface area contributed by atoms with Crippen molar-refractivity contribution in [2.24, 2.45) is 5.41 Å². The highest BCUT2D eigenvalue weighted by atomic mass is 79.9. The summed E-state index contributed by atoms with van der Waals surface area (Å²) >= 11 is 3.39. The third-order valence-electron chi connectivity index (χ3n) is 2.19. The van der Waals surface area contributed by atoms with Crippen molar-refractivity contribution in [3.63, 3.8) is 0 Å². The van der Waals surface area contributed by atoms with Crippen LogP contribution in [0.2, 0.25) is 0 Å². The number of hydrogen-bond donors (Lipinski definition) is 0. The van der Waals surface area contributed by atoms with Gasteiger partial charge in [-0.15, -0.1) is 0 Å². The van der Waals surface area contributed by atoms with Crippen molar-refractivity contribution < 1.29 is 4.79 Å². The number of ketones is 1. The molecule has 0 bridgehead atoms. The van der Waals surface area contributed by atoms with Crippen molar-refractivity contribution in [1.29, 1.82) is 0 Å². The highest BCUT2D eigenvalue weighted by molar-refractivity contribution is 9.10. The Hall–Kier alpha value is -0.640. The van der Waals surface area contributed by atoms with Gasteiger partial charge in [0, 0.05) is 12.5 Å². The molecule has 0 aromatic carbocycles. The molecule has 0 radical (unpaired) electrons. The number of carbonyl (C=O) groups is 1. The summed E-state index contributed by atoms with van der Waals surface area (Å²) in [6.07, 6.45) is 2.22. The summed E-state index contributed by atoms with van der Waals surface area (Å²) in [5, 5.41) is 4.22. The first kappa shape index (κ1) is 13.4. The summed E-state index contributed by atoms with van der Waals surface area (Å²) in [5.74, 6) is 0.144. The van der Waals surface area contributed by atoms with Gasteiger partial charge in [-0.2, -0.15) is 5.10 Å². The Morgan fingerprint density at radius 3 is 2.50 bits per heavy atom. The molecule has 0 aliphatic rings. The SMILES string of the molecule is CC(C)n1ncc(Br)c1C(=O)CC(C)(C)C. The van der Waals surface area contributed by atoms with E-state index in [1.807, 2.05) is 13.8 Å². The van der Waals surface area contributed by atoms with Crippen LogP contribution in [0.3, 0.4) is 0 Å². The van der Waals surface area contributed by atoms with Crippen LogP contribution in [0.15, 0.2) is 10.7 Å². The van der Waals surface area contributed by atoms with Crippen LogP contribution in [0.1, 0.15) is 57.6 Å². The van der Waals surface area contributed by atoms with Crippen LogP contribution in [0.25, 0.3) is 0 Å². The van der Waals surface area contributed by atoms with E-state index >= 15 is 0 Å². The average Bonchev–Trinajstić information content (AvgIpc) is 2.43. The smallest absolute Gasteiger partial charge is 0.182 e. The van der Waals surface area contributed by atoms with Gasteiger partial charge in [0.25, 0.3) is 0 Å². The molecule has 0 saturated carbocycles. The number of hydrogen-bond acceptors (Lipinski definition) is 2. The minimum absolute atomic E-state index is 0.00258. The molecular formula is C12H19BrN2O. The lowest BCUT2D eigenvalue weighted by Gasteiger charge is -2.18. The van der Waals surface area contributed by atoms with Gasteiger partial charge in [-0.3, -0.25) is 9.48 Å². The zero-order valence-electron chi connectivity index (χ0n) is 10.5. The molecule has 0 N–H and O–H groups in total. The molecule has 0 unspecified atom stereocenters. The second-order valence-electron chi connectivity index (χ2n) is 5.54. The van der Waals surface area contributed by atoms with Gasteiger partial charge in [-0.25, -0.2) is 0 Å². The first-order chi connectivity index (χ1) is 7.22. The van der Waals surface area contributed by atoms with Crippen LogP contribution in [-0.2, 0) is 0 Å². The first-order valence-electron chi connectivity index (χ1n) is 5.48. The van der Waals surface area contributed by atoms with E-state index < -0.39 is 0 Å². The highest BCUT2D eigenvalue weighted by Gasteiger charge is 2.23. The Morgan fingerprint density at radius 1 is 1.50 bits per heavy atom. The molecule has 0 amide bonds. The van der Waals surface area contributed by atoms with E-state index in [1.54, 1.807) is 10.9 Å². The van der Waals surface area contributed by atoms with Crippen LogP contribution < -0.4 is 0 Å². The van der Waals surface area contributed by atoms with Gasteiger partial charge in [-0.1, -0.05) is 20.8 Å². The zero-order valence-corrected chi connectivity index (χ0v) is 12.1. The van der Waals surface area contributed by atoms with Crippen molar-refractivity contribution in [1.82, 2.24) is 9.78 Å². The molecule has 0 fully saturated rings. The van der Waals surface area contributed by atoms with Gasteiger partial charge < -0.3 is 0 Å². The Labute approximate surface area is 105 Å². The van der Waals surface area contributed by atoms with Crippen molar-refractivity contribution in [3.8, 4) is 0 Å². The third kappa shape index (κ3) is 3.17. The summed E-state index contributed by atoms with van der Waals surface area (Å²) < 4.78 is 2.56. The molecule has 0 aliphatic carbocycles. The maximum absolute atomic E-state index is 12.2. The standard InChI is InChI=1S/C12H19BrN2O/c1-8(2)15-11(9(13)7-14-15)10(16)6-12(3,4)5/h7-8H,6H2,1-5H3. The molecule has 3 nitrogen and oxygen atoms in total. The molecule has 0 spiro atoms. The fourth-order valence-corrected chi connectivity index (χ4v) is 2.05. The quantitative estimate of drug-likeness (QED) is 0.791. The van der Waals surface area contributed by atoms with Crippen LogP contribution in [0.4, 0.5) is 0 Å². The minimum atomic E-state index is 0.00258. The van der Waals surface area contributed by atoms with Crippen LogP contribution in [0.5, 0.6) is 0 Å². The lowest BCUT2D eigenvalue weighted by molar-refractivity contribution is 0.0926. The number of Topliss-reactive ketones (excluding diaryl/α,β-unsaturated/α-hetero) is 1. The summed E-state index contributed by atoms with van der Waals surface area (Å²) in [6.45, 7) is 10.2. The number of rotatable bonds is 3. The van der Waals surface area contributed by atoms with Gasteiger partial charge in [0.15, 0.2) is 5.78 Å². The van der Waals surface area contributed by atoms with Crippen molar-refractivity contribution >= 4 is 21.7 Å². The normalized spacial score (nSPS) is 12.2. The van der Waals surface area contributed by atoms with E-state index in [4.69, 9.17) is 0 Å². The average molecular weight is 287 g/mol. The minimum Gasteiger partial charge on any atom is -0.292 e. The molecule has 0 atom stereocenters. The molecule has 1 aromatic rings.